The highest BCUT2D eigenvalue weighted by Crippen LogP contribution is 2.34. The molecule has 2 unspecified atom stereocenters. The molecule has 3 aromatic rings. The van der Waals surface area contributed by atoms with Gasteiger partial charge in [0.05, 0.1) is 11.9 Å². The summed E-state index contributed by atoms with van der Waals surface area (Å²) < 4.78 is 83.9. The Morgan fingerprint density at radius 1 is 1.08 bits per heavy atom. The van der Waals surface area contributed by atoms with Gasteiger partial charge in [0.25, 0.3) is 0 Å². The average molecular weight is 511 g/mol. The lowest BCUT2D eigenvalue weighted by Gasteiger charge is -2.31. The van der Waals surface area contributed by atoms with Crippen molar-refractivity contribution in [2.24, 2.45) is 0 Å². The van der Waals surface area contributed by atoms with Crippen molar-refractivity contribution in [1.29, 1.82) is 0 Å². The van der Waals surface area contributed by atoms with E-state index in [9.17, 15) is 31.1 Å². The summed E-state index contributed by atoms with van der Waals surface area (Å²) in [4.78, 5) is 16.3. The van der Waals surface area contributed by atoms with Gasteiger partial charge in [-0.15, -0.1) is 0 Å². The van der Waals surface area contributed by atoms with Gasteiger partial charge in [-0.3, -0.25) is 4.79 Å². The minimum atomic E-state index is -4.61. The first-order chi connectivity index (χ1) is 17.1. The maximum Gasteiger partial charge on any atom is 0.433 e. The lowest BCUT2D eigenvalue weighted by atomic mass is 9.90. The van der Waals surface area contributed by atoms with Gasteiger partial charge in [-0.1, -0.05) is 24.3 Å². The SMILES string of the molecule is O=C(Cc1c(F)cccc1OC(F)F)NC1CCCC(Nc2cc(C(F)(F)F)nc3ccccc23)C1. The Kier molecular flexibility index (Phi) is 7.56. The van der Waals surface area contributed by atoms with E-state index in [2.05, 4.69) is 20.4 Å². The first-order valence-corrected chi connectivity index (χ1v) is 11.3. The molecule has 5 nitrogen and oxygen atoms in total. The van der Waals surface area contributed by atoms with Gasteiger partial charge in [0.2, 0.25) is 5.91 Å². The molecule has 0 aliphatic heterocycles. The van der Waals surface area contributed by atoms with Crippen LogP contribution in [-0.4, -0.2) is 29.6 Å². The monoisotopic (exact) mass is 511 g/mol. The van der Waals surface area contributed by atoms with Crippen LogP contribution in [0, 0.1) is 5.82 Å². The summed E-state index contributed by atoms with van der Waals surface area (Å²) in [6.45, 7) is -3.17. The number of para-hydroxylation sites is 1. The zero-order chi connectivity index (χ0) is 25.9. The molecule has 1 heterocycles. The Labute approximate surface area is 202 Å². The van der Waals surface area contributed by atoms with E-state index in [-0.39, 0.29) is 23.2 Å². The lowest BCUT2D eigenvalue weighted by molar-refractivity contribution is -0.140. The number of pyridine rings is 1. The Bertz CT molecular complexity index is 1230. The first kappa shape index (κ1) is 25.6. The van der Waals surface area contributed by atoms with Gasteiger partial charge >= 0.3 is 12.8 Å². The van der Waals surface area contributed by atoms with Crippen molar-refractivity contribution >= 4 is 22.5 Å². The Hall–Kier alpha value is -3.50. The normalized spacial score (nSPS) is 18.3. The minimum Gasteiger partial charge on any atom is -0.434 e. The maximum absolute atomic E-state index is 14.2. The molecule has 2 aromatic carbocycles. The number of anilines is 1. The predicted molar refractivity (Wildman–Crippen MR) is 121 cm³/mol. The molecule has 1 aliphatic rings. The van der Waals surface area contributed by atoms with E-state index in [0.717, 1.165) is 18.2 Å². The molecule has 2 N–H and O–H groups in total. The van der Waals surface area contributed by atoms with E-state index in [0.29, 0.717) is 36.8 Å². The molecule has 0 bridgehead atoms. The van der Waals surface area contributed by atoms with Crippen molar-refractivity contribution in [3.05, 3.63) is 65.6 Å². The van der Waals surface area contributed by atoms with Gasteiger partial charge in [-0.2, -0.15) is 22.0 Å². The fraction of sp³-hybridized carbons (Fsp3) is 0.360. The molecule has 11 heteroatoms. The number of alkyl halides is 5. The number of rotatable bonds is 7. The van der Waals surface area contributed by atoms with Crippen molar-refractivity contribution in [3.63, 3.8) is 0 Å². The average Bonchev–Trinajstić information content (AvgIpc) is 2.80. The molecule has 36 heavy (non-hydrogen) atoms. The zero-order valence-corrected chi connectivity index (χ0v) is 18.9. The second-order valence-corrected chi connectivity index (χ2v) is 8.61. The molecule has 2 atom stereocenters. The summed E-state index contributed by atoms with van der Waals surface area (Å²) in [5.74, 6) is -1.82. The number of nitrogens with zero attached hydrogens (tertiary/aromatic N) is 1. The summed E-state index contributed by atoms with van der Waals surface area (Å²) in [7, 11) is 0. The van der Waals surface area contributed by atoms with E-state index < -0.39 is 42.4 Å². The van der Waals surface area contributed by atoms with Crippen molar-refractivity contribution < 1.29 is 35.9 Å². The van der Waals surface area contributed by atoms with E-state index in [1.54, 1.807) is 18.2 Å². The third-order valence-electron chi connectivity index (χ3n) is 6.03. The van der Waals surface area contributed by atoms with E-state index >= 15 is 0 Å². The molecule has 4 rings (SSSR count). The number of amides is 1. The summed E-state index contributed by atoms with van der Waals surface area (Å²) >= 11 is 0. The van der Waals surface area contributed by atoms with Crippen LogP contribution in [0.5, 0.6) is 5.75 Å². The summed E-state index contributed by atoms with van der Waals surface area (Å²) in [6.07, 6.45) is -2.70. The lowest BCUT2D eigenvalue weighted by Crippen LogP contribution is -2.42. The van der Waals surface area contributed by atoms with Crippen LogP contribution in [0.15, 0.2) is 48.5 Å². The van der Waals surface area contributed by atoms with Gasteiger partial charge in [0, 0.05) is 28.7 Å². The highest BCUT2D eigenvalue weighted by atomic mass is 19.4. The van der Waals surface area contributed by atoms with Crippen LogP contribution in [-0.2, 0) is 17.4 Å². The summed E-state index contributed by atoms with van der Waals surface area (Å²) in [5.41, 5.74) is -0.771. The molecule has 1 amide bonds. The molecular weight excluding hydrogens is 488 g/mol. The van der Waals surface area contributed by atoms with Crippen LogP contribution in [0.3, 0.4) is 0 Å². The van der Waals surface area contributed by atoms with Gasteiger partial charge < -0.3 is 15.4 Å². The molecule has 1 aromatic heterocycles. The van der Waals surface area contributed by atoms with Crippen molar-refractivity contribution in [3.8, 4) is 5.75 Å². The summed E-state index contributed by atoms with van der Waals surface area (Å²) in [6, 6.07) is 10.3. The standard InChI is InChI=1S/C25H23F6N3O2/c26-18-8-4-10-21(36-24(27)28)17(18)12-23(35)33-15-6-3-5-14(11-15)32-20-13-22(25(29,30)31)34-19-9-2-1-7-16(19)20/h1-2,4,7-10,13-15,24H,3,5-6,11-12H2,(H,32,34)(H,33,35). The van der Waals surface area contributed by atoms with Crippen LogP contribution in [0.1, 0.15) is 36.9 Å². The van der Waals surface area contributed by atoms with Gasteiger partial charge in [0.1, 0.15) is 17.3 Å². The van der Waals surface area contributed by atoms with Gasteiger partial charge in [0.15, 0.2) is 0 Å². The Morgan fingerprint density at radius 3 is 2.58 bits per heavy atom. The number of hydrogen-bond acceptors (Lipinski definition) is 4. The number of fused-ring (bicyclic) bond motifs is 1. The molecule has 0 spiro atoms. The molecule has 1 saturated carbocycles. The molecule has 192 valence electrons. The number of aromatic nitrogens is 1. The Morgan fingerprint density at radius 2 is 1.83 bits per heavy atom. The third-order valence-corrected chi connectivity index (χ3v) is 6.03. The summed E-state index contributed by atoms with van der Waals surface area (Å²) in [5, 5.41) is 6.50. The number of carbonyl (C=O) groups excluding carboxylic acids is 1. The third kappa shape index (κ3) is 6.19. The number of halogens is 6. The molecule has 0 saturated heterocycles. The molecule has 1 fully saturated rings. The minimum absolute atomic E-state index is 0.210. The van der Waals surface area contributed by atoms with Gasteiger partial charge in [-0.05, 0) is 49.9 Å². The fourth-order valence-electron chi connectivity index (χ4n) is 4.47. The van der Waals surface area contributed by atoms with Crippen LogP contribution in [0.2, 0.25) is 0 Å². The van der Waals surface area contributed by atoms with Crippen molar-refractivity contribution in [1.82, 2.24) is 10.3 Å². The van der Waals surface area contributed by atoms with Crippen molar-refractivity contribution in [2.75, 3.05) is 5.32 Å². The Balaban J connectivity index is 1.45. The van der Waals surface area contributed by atoms with Gasteiger partial charge in [-0.25, -0.2) is 9.37 Å². The number of carbonyl (C=O) groups is 1. The van der Waals surface area contributed by atoms with Crippen LogP contribution >= 0.6 is 0 Å². The number of benzene rings is 2. The molecular formula is C25H23F6N3O2. The maximum atomic E-state index is 14.2. The highest BCUT2D eigenvalue weighted by molar-refractivity contribution is 5.91. The number of hydrogen-bond donors (Lipinski definition) is 2. The quantitative estimate of drug-likeness (QED) is 0.378. The smallest absolute Gasteiger partial charge is 0.433 e. The predicted octanol–water partition coefficient (Wildman–Crippen LogP) is 6.08. The van der Waals surface area contributed by atoms with E-state index in [4.69, 9.17) is 0 Å². The largest absolute Gasteiger partial charge is 0.434 e. The number of nitrogens with one attached hydrogen (secondary N) is 2. The van der Waals surface area contributed by atoms with E-state index in [1.165, 1.54) is 12.1 Å². The highest BCUT2D eigenvalue weighted by Gasteiger charge is 2.34. The second-order valence-electron chi connectivity index (χ2n) is 8.61. The van der Waals surface area contributed by atoms with Crippen molar-refractivity contribution in [2.45, 2.75) is 57.0 Å². The number of ether oxygens (including phenoxy) is 1. The van der Waals surface area contributed by atoms with E-state index in [1.807, 2.05) is 0 Å². The first-order valence-electron chi connectivity index (χ1n) is 11.3. The topological polar surface area (TPSA) is 63.2 Å². The fourth-order valence-corrected chi connectivity index (χ4v) is 4.47. The molecule has 0 radical (unpaired) electrons. The second kappa shape index (κ2) is 10.6. The van der Waals surface area contributed by atoms with Crippen LogP contribution < -0.4 is 15.4 Å². The van der Waals surface area contributed by atoms with Crippen LogP contribution in [0.4, 0.5) is 32.0 Å². The van der Waals surface area contributed by atoms with Crippen LogP contribution in [0.25, 0.3) is 10.9 Å². The molecule has 1 aliphatic carbocycles. The zero-order valence-electron chi connectivity index (χ0n) is 18.9.